The van der Waals surface area contributed by atoms with Crippen LogP contribution < -0.4 is 15.8 Å². The van der Waals surface area contributed by atoms with Gasteiger partial charge in [0.1, 0.15) is 11.8 Å². The molecule has 2 aromatic rings. The van der Waals surface area contributed by atoms with E-state index in [2.05, 4.69) is 21.2 Å². The molecule has 0 saturated carbocycles. The lowest BCUT2D eigenvalue weighted by molar-refractivity contribution is -0.120. The van der Waals surface area contributed by atoms with E-state index in [-0.39, 0.29) is 0 Å². The topological polar surface area (TPSA) is 64.3 Å². The van der Waals surface area contributed by atoms with Crippen molar-refractivity contribution in [2.24, 2.45) is 5.73 Å². The average molecular weight is 349 g/mol. The summed E-state index contributed by atoms with van der Waals surface area (Å²) in [7, 11) is 1.62. The van der Waals surface area contributed by atoms with Crippen LogP contribution >= 0.6 is 15.9 Å². The predicted octanol–water partition coefficient (Wildman–Crippen LogP) is 2.77. The number of halogens is 1. The molecule has 0 bridgehead atoms. The van der Waals surface area contributed by atoms with Crippen molar-refractivity contribution in [1.82, 2.24) is 5.32 Å². The molecule has 21 heavy (non-hydrogen) atoms. The van der Waals surface area contributed by atoms with Crippen LogP contribution in [0.2, 0.25) is 0 Å². The van der Waals surface area contributed by atoms with Gasteiger partial charge in [-0.3, -0.25) is 10.1 Å². The van der Waals surface area contributed by atoms with Gasteiger partial charge in [0.05, 0.1) is 7.11 Å². The molecule has 0 heterocycles. The summed E-state index contributed by atoms with van der Waals surface area (Å²) in [6, 6.07) is 14.6. The summed E-state index contributed by atoms with van der Waals surface area (Å²) in [5.41, 5.74) is 7.29. The second-order valence-corrected chi connectivity index (χ2v) is 5.50. The van der Waals surface area contributed by atoms with Crippen molar-refractivity contribution < 1.29 is 9.53 Å². The van der Waals surface area contributed by atoms with Gasteiger partial charge in [-0.15, -0.1) is 0 Å². The number of primary amides is 1. The smallest absolute Gasteiger partial charge is 0.239 e. The highest BCUT2D eigenvalue weighted by Crippen LogP contribution is 2.23. The summed E-state index contributed by atoms with van der Waals surface area (Å²) in [4.78, 5) is 11.7. The lowest BCUT2D eigenvalue weighted by Gasteiger charge is -2.17. The molecule has 5 heteroatoms. The summed E-state index contributed by atoms with van der Waals surface area (Å²) < 4.78 is 6.28. The molecule has 0 spiro atoms. The Hall–Kier alpha value is -1.85. The number of ether oxygens (including phenoxy) is 1. The number of carbonyl (C=O) groups excluding carboxylic acids is 1. The number of amides is 1. The molecule has 4 nitrogen and oxygen atoms in total. The van der Waals surface area contributed by atoms with E-state index in [0.29, 0.717) is 6.54 Å². The molecule has 1 unspecified atom stereocenters. The number of carbonyl (C=O) groups is 1. The zero-order chi connectivity index (χ0) is 15.2. The maximum absolute atomic E-state index is 11.7. The fourth-order valence-electron chi connectivity index (χ4n) is 2.13. The fourth-order valence-corrected chi connectivity index (χ4v) is 2.53. The van der Waals surface area contributed by atoms with Gasteiger partial charge in [-0.2, -0.15) is 0 Å². The first-order chi connectivity index (χ1) is 10.1. The molecular weight excluding hydrogens is 332 g/mol. The van der Waals surface area contributed by atoms with E-state index in [1.54, 1.807) is 7.11 Å². The van der Waals surface area contributed by atoms with Gasteiger partial charge < -0.3 is 10.5 Å². The van der Waals surface area contributed by atoms with Crippen LogP contribution in [0.15, 0.2) is 53.0 Å². The zero-order valence-electron chi connectivity index (χ0n) is 11.7. The van der Waals surface area contributed by atoms with Crippen molar-refractivity contribution in [3.05, 3.63) is 64.1 Å². The molecule has 0 aliphatic heterocycles. The second kappa shape index (κ2) is 7.24. The van der Waals surface area contributed by atoms with Gasteiger partial charge in [0.2, 0.25) is 5.91 Å². The van der Waals surface area contributed by atoms with Crippen molar-refractivity contribution in [3.8, 4) is 5.75 Å². The summed E-state index contributed by atoms with van der Waals surface area (Å²) in [5, 5.41) is 3.18. The Kier molecular flexibility index (Phi) is 5.36. The maximum atomic E-state index is 11.7. The summed E-state index contributed by atoms with van der Waals surface area (Å²) >= 11 is 3.43. The molecule has 3 N–H and O–H groups in total. The lowest BCUT2D eigenvalue weighted by Crippen LogP contribution is -2.33. The Bertz CT molecular complexity index is 617. The number of methoxy groups -OCH3 is 1. The monoisotopic (exact) mass is 348 g/mol. The van der Waals surface area contributed by atoms with E-state index >= 15 is 0 Å². The highest BCUT2D eigenvalue weighted by molar-refractivity contribution is 9.10. The number of nitrogens with one attached hydrogen (secondary N) is 1. The van der Waals surface area contributed by atoms with Gasteiger partial charge >= 0.3 is 0 Å². The molecular formula is C16H17BrN2O2. The van der Waals surface area contributed by atoms with E-state index in [1.165, 1.54) is 0 Å². The summed E-state index contributed by atoms with van der Waals surface area (Å²) in [6.07, 6.45) is 0. The molecule has 0 radical (unpaired) electrons. The third-order valence-electron chi connectivity index (χ3n) is 3.16. The number of hydrogen-bond acceptors (Lipinski definition) is 3. The highest BCUT2D eigenvalue weighted by atomic mass is 79.9. The standard InChI is InChI=1S/C16H17BrN2O2/c1-21-14-8-7-13(17)9-12(14)10-19-15(16(18)20)11-5-3-2-4-6-11/h2-9,15,19H,10H2,1H3,(H2,18,20). The number of benzene rings is 2. The molecule has 1 amide bonds. The van der Waals surface area contributed by atoms with Crippen molar-refractivity contribution in [3.63, 3.8) is 0 Å². The largest absolute Gasteiger partial charge is 0.496 e. The quantitative estimate of drug-likeness (QED) is 0.843. The SMILES string of the molecule is COc1ccc(Br)cc1CNC(C(N)=O)c1ccccc1. The molecule has 0 aliphatic rings. The molecule has 0 aliphatic carbocycles. The molecule has 2 aromatic carbocycles. The van der Waals surface area contributed by atoms with Crippen molar-refractivity contribution in [2.75, 3.05) is 7.11 Å². The Labute approximate surface area is 132 Å². The van der Waals surface area contributed by atoms with E-state index in [9.17, 15) is 4.79 Å². The van der Waals surface area contributed by atoms with E-state index in [0.717, 1.165) is 21.3 Å². The average Bonchev–Trinajstić information content (AvgIpc) is 2.48. The predicted molar refractivity (Wildman–Crippen MR) is 85.9 cm³/mol. The number of rotatable bonds is 6. The Balaban J connectivity index is 2.16. The normalized spacial score (nSPS) is 11.9. The minimum Gasteiger partial charge on any atom is -0.496 e. The van der Waals surface area contributed by atoms with E-state index in [4.69, 9.17) is 10.5 Å². The molecule has 110 valence electrons. The van der Waals surface area contributed by atoms with Crippen LogP contribution in [-0.4, -0.2) is 13.0 Å². The summed E-state index contributed by atoms with van der Waals surface area (Å²) in [6.45, 7) is 0.477. The summed E-state index contributed by atoms with van der Waals surface area (Å²) in [5.74, 6) is 0.358. The van der Waals surface area contributed by atoms with Crippen LogP contribution in [0.1, 0.15) is 17.2 Å². The molecule has 0 saturated heterocycles. The van der Waals surface area contributed by atoms with Crippen molar-refractivity contribution >= 4 is 21.8 Å². The first kappa shape index (κ1) is 15.5. The highest BCUT2D eigenvalue weighted by Gasteiger charge is 2.17. The Morgan fingerprint density at radius 3 is 2.62 bits per heavy atom. The first-order valence-corrected chi connectivity index (χ1v) is 7.31. The van der Waals surface area contributed by atoms with E-state index < -0.39 is 11.9 Å². The molecule has 2 rings (SSSR count). The molecule has 0 aromatic heterocycles. The lowest BCUT2D eigenvalue weighted by atomic mass is 10.1. The van der Waals surface area contributed by atoms with Crippen LogP contribution in [0.5, 0.6) is 5.75 Å². The van der Waals surface area contributed by atoms with Gasteiger partial charge in [0.15, 0.2) is 0 Å². The fraction of sp³-hybridized carbons (Fsp3) is 0.188. The maximum Gasteiger partial charge on any atom is 0.239 e. The van der Waals surface area contributed by atoms with Gasteiger partial charge in [-0.1, -0.05) is 46.3 Å². The second-order valence-electron chi connectivity index (χ2n) is 4.58. The van der Waals surface area contributed by atoms with Crippen molar-refractivity contribution in [2.45, 2.75) is 12.6 Å². The number of nitrogens with two attached hydrogens (primary N) is 1. The first-order valence-electron chi connectivity index (χ1n) is 6.52. The Morgan fingerprint density at radius 1 is 1.29 bits per heavy atom. The third kappa shape index (κ3) is 4.06. The Morgan fingerprint density at radius 2 is 2.00 bits per heavy atom. The number of hydrogen-bond donors (Lipinski definition) is 2. The van der Waals surface area contributed by atoms with Gasteiger partial charge in [-0.05, 0) is 23.8 Å². The molecule has 0 fully saturated rings. The van der Waals surface area contributed by atoms with Crippen LogP contribution in [0.4, 0.5) is 0 Å². The van der Waals surface area contributed by atoms with Gasteiger partial charge in [0.25, 0.3) is 0 Å². The van der Waals surface area contributed by atoms with E-state index in [1.807, 2.05) is 48.5 Å². The molecule has 1 atom stereocenters. The van der Waals surface area contributed by atoms with Crippen LogP contribution in [-0.2, 0) is 11.3 Å². The minimum absolute atomic E-state index is 0.407. The van der Waals surface area contributed by atoms with Crippen LogP contribution in [0.3, 0.4) is 0 Å². The van der Waals surface area contributed by atoms with Crippen molar-refractivity contribution in [1.29, 1.82) is 0 Å². The third-order valence-corrected chi connectivity index (χ3v) is 3.65. The van der Waals surface area contributed by atoms with Crippen LogP contribution in [0, 0.1) is 0 Å². The zero-order valence-corrected chi connectivity index (χ0v) is 13.3. The minimum atomic E-state index is -0.533. The van der Waals surface area contributed by atoms with Gasteiger partial charge in [-0.25, -0.2) is 0 Å². The van der Waals surface area contributed by atoms with Crippen LogP contribution in [0.25, 0.3) is 0 Å². The van der Waals surface area contributed by atoms with Gasteiger partial charge in [0, 0.05) is 16.6 Å².